The number of rotatable bonds is 5. The number of carbonyl (C=O) groups excluding carboxylic acids is 1. The molecule has 2 heterocycles. The molecule has 7 heteroatoms. The normalized spacial score (nSPS) is 13.1. The van der Waals surface area contributed by atoms with E-state index in [1.807, 2.05) is 30.5 Å². The molecule has 2 amide bonds. The molecule has 3 aromatic rings. The second kappa shape index (κ2) is 8.33. The molecule has 2 aromatic heterocycles. The van der Waals surface area contributed by atoms with Gasteiger partial charge in [-0.15, -0.1) is 12.4 Å². The van der Waals surface area contributed by atoms with Crippen LogP contribution in [0.3, 0.4) is 0 Å². The number of imidazole rings is 1. The fourth-order valence-electron chi connectivity index (χ4n) is 3.46. The second-order valence-corrected chi connectivity index (χ2v) is 7.72. The third kappa shape index (κ3) is 4.48. The Morgan fingerprint density at radius 1 is 1.17 bits per heavy atom. The summed E-state index contributed by atoms with van der Waals surface area (Å²) < 4.78 is 2.04. The first-order chi connectivity index (χ1) is 13.4. The number of hydrogen-bond donors (Lipinski definition) is 3. The van der Waals surface area contributed by atoms with Crippen molar-refractivity contribution >= 4 is 35.5 Å². The van der Waals surface area contributed by atoms with Gasteiger partial charge in [0.15, 0.2) is 5.65 Å². The number of anilines is 2. The van der Waals surface area contributed by atoms with Gasteiger partial charge in [-0.25, -0.2) is 9.78 Å². The smallest absolute Gasteiger partial charge is 0.319 e. The standard InChI is InChI=1S/C22H27N5O.ClH/c1-13-6-5-7-14(2)19(13)11-23-20-10-18(26-22(28)25-17-8-9-17)12-27-16(4)15(3)24-21(20)27;/h5-7,10,12,17,23H,8-9,11H2,1-4H3,(H2,25,26,28);1H. The fourth-order valence-corrected chi connectivity index (χ4v) is 3.46. The highest BCUT2D eigenvalue weighted by Gasteiger charge is 2.23. The molecule has 0 saturated heterocycles. The van der Waals surface area contributed by atoms with E-state index in [2.05, 4.69) is 48.0 Å². The fraction of sp³-hybridized carbons (Fsp3) is 0.364. The van der Waals surface area contributed by atoms with Crippen molar-refractivity contribution in [2.24, 2.45) is 0 Å². The molecule has 1 aliphatic rings. The van der Waals surface area contributed by atoms with Gasteiger partial charge in [-0.3, -0.25) is 0 Å². The first-order valence-corrected chi connectivity index (χ1v) is 9.78. The minimum Gasteiger partial charge on any atom is -0.378 e. The molecule has 1 saturated carbocycles. The lowest BCUT2D eigenvalue weighted by Crippen LogP contribution is -2.30. The zero-order valence-corrected chi connectivity index (χ0v) is 18.1. The van der Waals surface area contributed by atoms with Crippen LogP contribution in [0, 0.1) is 27.7 Å². The molecule has 6 nitrogen and oxygen atoms in total. The number of pyridine rings is 1. The van der Waals surface area contributed by atoms with E-state index in [1.54, 1.807) is 0 Å². The number of halogens is 1. The van der Waals surface area contributed by atoms with Crippen LogP contribution in [-0.2, 0) is 6.54 Å². The molecular formula is C22H28ClN5O. The number of carbonyl (C=O) groups is 1. The Morgan fingerprint density at radius 3 is 2.52 bits per heavy atom. The number of nitrogens with one attached hydrogen (secondary N) is 3. The number of aryl methyl sites for hydroxylation is 4. The zero-order chi connectivity index (χ0) is 19.8. The van der Waals surface area contributed by atoms with Crippen molar-refractivity contribution in [3.8, 4) is 0 Å². The van der Waals surface area contributed by atoms with Gasteiger partial charge in [-0.1, -0.05) is 18.2 Å². The summed E-state index contributed by atoms with van der Waals surface area (Å²) in [5.41, 5.74) is 8.37. The largest absolute Gasteiger partial charge is 0.378 e. The predicted octanol–water partition coefficient (Wildman–Crippen LogP) is 4.89. The van der Waals surface area contributed by atoms with Crippen molar-refractivity contribution in [2.45, 2.75) is 53.1 Å². The maximum Gasteiger partial charge on any atom is 0.319 e. The van der Waals surface area contributed by atoms with E-state index in [-0.39, 0.29) is 18.4 Å². The van der Waals surface area contributed by atoms with Crippen LogP contribution >= 0.6 is 12.4 Å². The molecule has 1 fully saturated rings. The van der Waals surface area contributed by atoms with E-state index in [0.29, 0.717) is 12.6 Å². The minimum atomic E-state index is -0.156. The molecule has 3 N–H and O–H groups in total. The van der Waals surface area contributed by atoms with Gasteiger partial charge in [0.05, 0.1) is 17.1 Å². The van der Waals surface area contributed by atoms with Gasteiger partial charge in [0.25, 0.3) is 0 Å². The van der Waals surface area contributed by atoms with Crippen LogP contribution in [-0.4, -0.2) is 21.5 Å². The highest BCUT2D eigenvalue weighted by atomic mass is 35.5. The van der Waals surface area contributed by atoms with Crippen molar-refractivity contribution in [1.29, 1.82) is 0 Å². The lowest BCUT2D eigenvalue weighted by molar-refractivity contribution is 0.251. The van der Waals surface area contributed by atoms with E-state index in [4.69, 9.17) is 4.98 Å². The Balaban J connectivity index is 0.00000240. The van der Waals surface area contributed by atoms with E-state index in [9.17, 15) is 4.79 Å². The molecule has 0 spiro atoms. The van der Waals surface area contributed by atoms with Crippen molar-refractivity contribution in [3.63, 3.8) is 0 Å². The lowest BCUT2D eigenvalue weighted by atomic mass is 10.0. The summed E-state index contributed by atoms with van der Waals surface area (Å²) >= 11 is 0. The number of aromatic nitrogens is 2. The molecule has 0 aliphatic heterocycles. The SMILES string of the molecule is Cc1cccc(C)c1CNc1cc(NC(=O)NC2CC2)cn2c(C)c(C)nc12.Cl. The summed E-state index contributed by atoms with van der Waals surface area (Å²) in [7, 11) is 0. The highest BCUT2D eigenvalue weighted by Crippen LogP contribution is 2.26. The van der Waals surface area contributed by atoms with Crippen molar-refractivity contribution in [3.05, 3.63) is 58.5 Å². The first kappa shape index (κ1) is 21.0. The van der Waals surface area contributed by atoms with E-state index in [0.717, 1.165) is 41.3 Å². The molecule has 1 aromatic carbocycles. The van der Waals surface area contributed by atoms with E-state index < -0.39 is 0 Å². The summed E-state index contributed by atoms with van der Waals surface area (Å²) in [5, 5.41) is 9.47. The molecule has 154 valence electrons. The number of urea groups is 1. The lowest BCUT2D eigenvalue weighted by Gasteiger charge is -2.15. The topological polar surface area (TPSA) is 70.5 Å². The van der Waals surface area contributed by atoms with Gasteiger partial charge in [0.2, 0.25) is 0 Å². The van der Waals surface area contributed by atoms with E-state index in [1.165, 1.54) is 16.7 Å². The van der Waals surface area contributed by atoms with Crippen LogP contribution in [0.15, 0.2) is 30.5 Å². The minimum absolute atomic E-state index is 0. The van der Waals surface area contributed by atoms with Gasteiger partial charge in [-0.2, -0.15) is 0 Å². The Kier molecular flexibility index (Phi) is 6.03. The van der Waals surface area contributed by atoms with Gasteiger partial charge in [0.1, 0.15) is 0 Å². The average molecular weight is 414 g/mol. The Labute approximate surface area is 177 Å². The van der Waals surface area contributed by atoms with Crippen LogP contribution in [0.25, 0.3) is 5.65 Å². The predicted molar refractivity (Wildman–Crippen MR) is 120 cm³/mol. The summed E-state index contributed by atoms with van der Waals surface area (Å²) in [6, 6.07) is 8.46. The molecule has 4 rings (SSSR count). The number of hydrogen-bond acceptors (Lipinski definition) is 3. The molecule has 0 atom stereocenters. The summed E-state index contributed by atoms with van der Waals surface area (Å²) in [4.78, 5) is 16.9. The molecule has 0 radical (unpaired) electrons. The van der Waals surface area contributed by atoms with Crippen LogP contribution < -0.4 is 16.0 Å². The molecule has 1 aliphatic carbocycles. The van der Waals surface area contributed by atoms with Crippen molar-refractivity contribution in [1.82, 2.24) is 14.7 Å². The number of fused-ring (bicyclic) bond motifs is 1. The van der Waals surface area contributed by atoms with Gasteiger partial charge >= 0.3 is 6.03 Å². The average Bonchev–Trinajstić information content (AvgIpc) is 3.40. The maximum absolute atomic E-state index is 12.2. The number of nitrogens with zero attached hydrogens (tertiary/aromatic N) is 2. The van der Waals surface area contributed by atoms with Crippen LogP contribution in [0.5, 0.6) is 0 Å². The summed E-state index contributed by atoms with van der Waals surface area (Å²) in [6.45, 7) is 9.01. The number of amides is 2. The van der Waals surface area contributed by atoms with Crippen LogP contribution in [0.4, 0.5) is 16.2 Å². The summed E-state index contributed by atoms with van der Waals surface area (Å²) in [6.07, 6.45) is 4.06. The van der Waals surface area contributed by atoms with E-state index >= 15 is 0 Å². The van der Waals surface area contributed by atoms with Crippen LogP contribution in [0.1, 0.15) is 40.9 Å². The zero-order valence-electron chi connectivity index (χ0n) is 17.3. The number of benzene rings is 1. The molecule has 0 unspecified atom stereocenters. The Hall–Kier alpha value is -2.73. The molecule has 0 bridgehead atoms. The third-order valence-corrected chi connectivity index (χ3v) is 5.47. The quantitative estimate of drug-likeness (QED) is 0.558. The van der Waals surface area contributed by atoms with Crippen molar-refractivity contribution in [2.75, 3.05) is 10.6 Å². The third-order valence-electron chi connectivity index (χ3n) is 5.47. The monoisotopic (exact) mass is 413 g/mol. The second-order valence-electron chi connectivity index (χ2n) is 7.72. The van der Waals surface area contributed by atoms with Crippen LogP contribution in [0.2, 0.25) is 0 Å². The molecule has 29 heavy (non-hydrogen) atoms. The first-order valence-electron chi connectivity index (χ1n) is 9.78. The maximum atomic E-state index is 12.2. The van der Waals surface area contributed by atoms with Gasteiger partial charge < -0.3 is 20.4 Å². The van der Waals surface area contributed by atoms with Gasteiger partial charge in [-0.05, 0) is 63.3 Å². The highest BCUT2D eigenvalue weighted by molar-refractivity contribution is 5.91. The molecular weight excluding hydrogens is 386 g/mol. The Morgan fingerprint density at radius 2 is 1.86 bits per heavy atom. The summed E-state index contributed by atoms with van der Waals surface area (Å²) in [5.74, 6) is 0. The van der Waals surface area contributed by atoms with Crippen molar-refractivity contribution < 1.29 is 4.79 Å². The van der Waals surface area contributed by atoms with Gasteiger partial charge in [0, 0.05) is 24.5 Å². The Bertz CT molecular complexity index is 1030.